The summed E-state index contributed by atoms with van der Waals surface area (Å²) in [5.74, 6) is 2.00. The largest absolute Gasteiger partial charge is 0.381 e. The lowest BCUT2D eigenvalue weighted by Crippen LogP contribution is -2.49. The first kappa shape index (κ1) is 27.9. The molecule has 7 nitrogen and oxygen atoms in total. The number of hydrogen-bond donors (Lipinski definition) is 1. The van der Waals surface area contributed by atoms with Crippen LogP contribution in [0, 0.1) is 17.8 Å². The standard InChI is InChI=1S/C33H47N3O4/c1-23-6-9-31(32(37)34-23)36-22-28-19-26(7-8-29(28)33(36)38)18-27-4-2-3-5-30(27)35(20-24-10-14-39-15-11-24)21-25-12-16-40-17-13-25/h7-8,19,24-25,27,30-31H,1-6,9-18,20-22H2,(H,34,37)/t27-,30+,31?/m1/s1. The minimum Gasteiger partial charge on any atom is -0.381 e. The molecule has 0 spiro atoms. The molecule has 0 aromatic heterocycles. The van der Waals surface area contributed by atoms with Crippen LogP contribution in [0.15, 0.2) is 30.5 Å². The summed E-state index contributed by atoms with van der Waals surface area (Å²) >= 11 is 0. The molecule has 1 aromatic rings. The molecule has 4 aliphatic heterocycles. The minimum atomic E-state index is -0.402. The summed E-state index contributed by atoms with van der Waals surface area (Å²) in [5, 5.41) is 2.85. The molecule has 2 amide bonds. The predicted octanol–water partition coefficient (Wildman–Crippen LogP) is 4.69. The molecule has 4 fully saturated rings. The van der Waals surface area contributed by atoms with E-state index in [1.807, 2.05) is 6.07 Å². The van der Waals surface area contributed by atoms with Crippen molar-refractivity contribution in [3.63, 3.8) is 0 Å². The SMILES string of the molecule is C=C1CCC(N2Cc3cc(C[C@H]4CCCC[C@@H]4N(CC4CCOCC4)CC4CCOCC4)ccc3C2=O)C(=O)N1. The molecular formula is C33H47N3O4. The van der Waals surface area contributed by atoms with Crippen LogP contribution in [0.4, 0.5) is 0 Å². The number of carbonyl (C=O) groups excluding carboxylic acids is 2. The van der Waals surface area contributed by atoms with Crippen molar-refractivity contribution >= 4 is 11.8 Å². The Bertz CT molecular complexity index is 1060. The van der Waals surface area contributed by atoms with Crippen LogP contribution < -0.4 is 5.32 Å². The predicted molar refractivity (Wildman–Crippen MR) is 155 cm³/mol. The molecule has 1 unspecified atom stereocenters. The molecule has 6 rings (SSSR count). The molecule has 218 valence electrons. The van der Waals surface area contributed by atoms with E-state index in [0.717, 1.165) is 67.9 Å². The second-order valence-corrected chi connectivity index (χ2v) is 13.0. The van der Waals surface area contributed by atoms with Crippen molar-refractivity contribution in [2.75, 3.05) is 39.5 Å². The minimum absolute atomic E-state index is 0.0103. The Hall–Kier alpha value is -2.22. The van der Waals surface area contributed by atoms with Crippen molar-refractivity contribution in [3.8, 4) is 0 Å². The Morgan fingerprint density at radius 1 is 0.900 bits per heavy atom. The highest BCUT2D eigenvalue weighted by molar-refractivity contribution is 6.01. The van der Waals surface area contributed by atoms with E-state index in [9.17, 15) is 9.59 Å². The van der Waals surface area contributed by atoms with Crippen molar-refractivity contribution in [1.82, 2.24) is 15.1 Å². The van der Waals surface area contributed by atoms with Crippen LogP contribution >= 0.6 is 0 Å². The van der Waals surface area contributed by atoms with E-state index < -0.39 is 6.04 Å². The quantitative estimate of drug-likeness (QED) is 0.510. The summed E-state index contributed by atoms with van der Waals surface area (Å²) in [4.78, 5) is 30.5. The van der Waals surface area contributed by atoms with Gasteiger partial charge in [-0.2, -0.15) is 0 Å². The number of nitrogens with one attached hydrogen (secondary N) is 1. The topological polar surface area (TPSA) is 71.1 Å². The average Bonchev–Trinajstić information content (AvgIpc) is 3.29. The molecule has 1 N–H and O–H groups in total. The number of allylic oxidation sites excluding steroid dienone is 1. The molecule has 0 bridgehead atoms. The number of fused-ring (bicyclic) bond motifs is 1. The van der Waals surface area contributed by atoms with E-state index in [1.165, 1.54) is 70.0 Å². The molecule has 1 aliphatic carbocycles. The molecule has 4 heterocycles. The van der Waals surface area contributed by atoms with Crippen LogP contribution in [0.1, 0.15) is 85.7 Å². The normalized spacial score (nSPS) is 28.7. The van der Waals surface area contributed by atoms with Crippen LogP contribution in [0.3, 0.4) is 0 Å². The summed E-state index contributed by atoms with van der Waals surface area (Å²) in [5.41, 5.74) is 3.93. The number of benzene rings is 1. The Balaban J connectivity index is 1.16. The van der Waals surface area contributed by atoms with Gasteiger partial charge >= 0.3 is 0 Å². The number of rotatable bonds is 8. The van der Waals surface area contributed by atoms with Crippen molar-refractivity contribution in [3.05, 3.63) is 47.2 Å². The fourth-order valence-corrected chi connectivity index (χ4v) is 7.91. The first-order chi connectivity index (χ1) is 19.5. The zero-order valence-corrected chi connectivity index (χ0v) is 24.1. The van der Waals surface area contributed by atoms with Crippen molar-refractivity contribution < 1.29 is 19.1 Å². The Morgan fingerprint density at radius 2 is 1.57 bits per heavy atom. The highest BCUT2D eigenvalue weighted by Crippen LogP contribution is 2.35. The van der Waals surface area contributed by atoms with Crippen molar-refractivity contribution in [2.45, 2.75) is 89.3 Å². The molecule has 7 heteroatoms. The van der Waals surface area contributed by atoms with E-state index in [4.69, 9.17) is 9.47 Å². The summed E-state index contributed by atoms with van der Waals surface area (Å²) < 4.78 is 11.4. The van der Waals surface area contributed by atoms with Gasteiger partial charge in [-0.1, -0.05) is 31.6 Å². The fourth-order valence-electron chi connectivity index (χ4n) is 7.91. The highest BCUT2D eigenvalue weighted by Gasteiger charge is 2.39. The van der Waals surface area contributed by atoms with Gasteiger partial charge in [-0.25, -0.2) is 0 Å². The molecule has 0 radical (unpaired) electrons. The maximum atomic E-state index is 13.2. The van der Waals surface area contributed by atoms with Crippen molar-refractivity contribution in [2.24, 2.45) is 17.8 Å². The molecule has 3 saturated heterocycles. The van der Waals surface area contributed by atoms with Gasteiger partial charge in [0.1, 0.15) is 6.04 Å². The van der Waals surface area contributed by atoms with Crippen LogP contribution in [-0.2, 0) is 27.2 Å². The maximum absolute atomic E-state index is 13.2. The van der Waals surface area contributed by atoms with E-state index >= 15 is 0 Å². The van der Waals surface area contributed by atoms with Gasteiger partial charge in [0.05, 0.1) is 0 Å². The fraction of sp³-hybridized carbons (Fsp3) is 0.697. The molecule has 1 aromatic carbocycles. The lowest BCUT2D eigenvalue weighted by atomic mass is 9.78. The van der Waals surface area contributed by atoms with E-state index in [-0.39, 0.29) is 11.8 Å². The second-order valence-electron chi connectivity index (χ2n) is 13.0. The number of ether oxygens (including phenoxy) is 2. The Labute approximate surface area is 239 Å². The zero-order chi connectivity index (χ0) is 27.5. The van der Waals surface area contributed by atoms with Gasteiger partial charge < -0.3 is 19.7 Å². The lowest BCUT2D eigenvalue weighted by Gasteiger charge is -2.44. The number of carbonyl (C=O) groups is 2. The zero-order valence-electron chi connectivity index (χ0n) is 24.1. The second kappa shape index (κ2) is 12.7. The summed E-state index contributed by atoms with van der Waals surface area (Å²) in [6.45, 7) is 10.4. The van der Waals surface area contributed by atoms with Gasteiger partial charge in [0, 0.05) is 63.4 Å². The van der Waals surface area contributed by atoms with Gasteiger partial charge in [-0.15, -0.1) is 0 Å². The molecule has 5 aliphatic rings. The van der Waals surface area contributed by atoms with Gasteiger partial charge in [-0.05, 0) is 92.7 Å². The smallest absolute Gasteiger partial charge is 0.255 e. The average molecular weight is 550 g/mol. The van der Waals surface area contributed by atoms with Crippen LogP contribution in [0.5, 0.6) is 0 Å². The van der Waals surface area contributed by atoms with Gasteiger partial charge in [0.15, 0.2) is 0 Å². The summed E-state index contributed by atoms with van der Waals surface area (Å²) in [7, 11) is 0. The van der Waals surface area contributed by atoms with Crippen LogP contribution in [-0.4, -0.2) is 73.2 Å². The lowest BCUT2D eigenvalue weighted by molar-refractivity contribution is -0.126. The van der Waals surface area contributed by atoms with E-state index in [1.54, 1.807) is 4.90 Å². The molecule has 40 heavy (non-hydrogen) atoms. The van der Waals surface area contributed by atoms with Gasteiger partial charge in [-0.3, -0.25) is 14.5 Å². The van der Waals surface area contributed by atoms with Gasteiger partial charge in [0.2, 0.25) is 5.91 Å². The molecular weight excluding hydrogens is 502 g/mol. The first-order valence-electron chi connectivity index (χ1n) is 15.9. The third-order valence-electron chi connectivity index (χ3n) is 10.2. The molecule has 3 atom stereocenters. The monoisotopic (exact) mass is 549 g/mol. The molecule has 1 saturated carbocycles. The number of amides is 2. The third-order valence-corrected chi connectivity index (χ3v) is 10.2. The Kier molecular flexibility index (Phi) is 8.90. The summed E-state index contributed by atoms with van der Waals surface area (Å²) in [6, 6.07) is 6.67. The summed E-state index contributed by atoms with van der Waals surface area (Å²) in [6.07, 6.45) is 12.4. The van der Waals surface area contributed by atoms with Gasteiger partial charge in [0.25, 0.3) is 5.91 Å². The van der Waals surface area contributed by atoms with Crippen molar-refractivity contribution in [1.29, 1.82) is 0 Å². The first-order valence-corrected chi connectivity index (χ1v) is 15.9. The maximum Gasteiger partial charge on any atom is 0.255 e. The van der Waals surface area contributed by atoms with Crippen LogP contribution in [0.2, 0.25) is 0 Å². The number of piperidine rings is 1. The van der Waals surface area contributed by atoms with E-state index in [2.05, 4.69) is 28.9 Å². The van der Waals surface area contributed by atoms with Crippen LogP contribution in [0.25, 0.3) is 0 Å². The Morgan fingerprint density at radius 3 is 2.25 bits per heavy atom. The number of nitrogens with zero attached hydrogens (tertiary/aromatic N) is 2. The highest BCUT2D eigenvalue weighted by atomic mass is 16.5. The third kappa shape index (κ3) is 6.32. The van der Waals surface area contributed by atoms with E-state index in [0.29, 0.717) is 24.9 Å². The number of hydrogen-bond acceptors (Lipinski definition) is 5.